The maximum absolute atomic E-state index is 14.5. The van der Waals surface area contributed by atoms with Gasteiger partial charge < -0.3 is 10.1 Å². The predicted molar refractivity (Wildman–Crippen MR) is 129 cm³/mol. The highest BCUT2D eigenvalue weighted by Gasteiger charge is 2.25. The number of nitrogens with zero attached hydrogens (tertiary/aromatic N) is 2. The van der Waals surface area contributed by atoms with E-state index in [0.717, 1.165) is 21.6 Å². The highest BCUT2D eigenvalue weighted by molar-refractivity contribution is 7.16. The van der Waals surface area contributed by atoms with Gasteiger partial charge in [-0.25, -0.2) is 9.18 Å². The van der Waals surface area contributed by atoms with E-state index in [0.29, 0.717) is 6.42 Å². The minimum atomic E-state index is -0.746. The first-order valence-electron chi connectivity index (χ1n) is 10.8. The van der Waals surface area contributed by atoms with E-state index < -0.39 is 23.3 Å². The molecule has 1 N–H and O–H groups in total. The molecule has 1 atom stereocenters. The molecule has 0 bridgehead atoms. The molecule has 0 aliphatic carbocycles. The lowest BCUT2D eigenvalue weighted by Gasteiger charge is -2.15. The molecule has 174 valence electrons. The quantitative estimate of drug-likeness (QED) is 0.381. The van der Waals surface area contributed by atoms with E-state index in [-0.39, 0.29) is 39.7 Å². The van der Waals surface area contributed by atoms with Crippen LogP contribution in [0, 0.1) is 5.82 Å². The molecule has 1 amide bonds. The number of fused-ring (bicyclic) bond motifs is 1. The van der Waals surface area contributed by atoms with Crippen molar-refractivity contribution < 1.29 is 18.7 Å². The number of carbonyl (C=O) groups excluding carboxylic acids is 2. The summed E-state index contributed by atoms with van der Waals surface area (Å²) in [5.41, 5.74) is -0.0517. The zero-order chi connectivity index (χ0) is 24.2. The van der Waals surface area contributed by atoms with Gasteiger partial charge in [-0.2, -0.15) is 9.78 Å². The van der Waals surface area contributed by atoms with Gasteiger partial charge in [0.2, 0.25) is 5.91 Å². The van der Waals surface area contributed by atoms with Crippen molar-refractivity contribution in [1.82, 2.24) is 9.78 Å². The van der Waals surface area contributed by atoms with Gasteiger partial charge in [0.05, 0.1) is 17.9 Å². The highest BCUT2D eigenvalue weighted by atomic mass is 32.1. The van der Waals surface area contributed by atoms with E-state index in [1.807, 2.05) is 37.3 Å². The molecule has 2 aromatic carbocycles. The van der Waals surface area contributed by atoms with Crippen LogP contribution >= 0.6 is 11.3 Å². The molecule has 7 nitrogen and oxygen atoms in total. The number of nitrogens with one attached hydrogen (secondary N) is 1. The van der Waals surface area contributed by atoms with Gasteiger partial charge in [0.1, 0.15) is 16.5 Å². The summed E-state index contributed by atoms with van der Waals surface area (Å²) in [7, 11) is 0. The van der Waals surface area contributed by atoms with E-state index in [9.17, 15) is 18.8 Å². The fourth-order valence-corrected chi connectivity index (χ4v) is 4.68. The van der Waals surface area contributed by atoms with Gasteiger partial charge in [0.15, 0.2) is 5.69 Å². The van der Waals surface area contributed by atoms with Crippen molar-refractivity contribution in [2.75, 3.05) is 11.9 Å². The van der Waals surface area contributed by atoms with E-state index >= 15 is 0 Å². The lowest BCUT2D eigenvalue weighted by atomic mass is 9.96. The van der Waals surface area contributed by atoms with Crippen molar-refractivity contribution in [2.45, 2.75) is 26.2 Å². The molecule has 0 aliphatic rings. The van der Waals surface area contributed by atoms with E-state index in [1.54, 1.807) is 18.4 Å². The van der Waals surface area contributed by atoms with Crippen molar-refractivity contribution >= 4 is 39.0 Å². The Labute approximate surface area is 198 Å². The summed E-state index contributed by atoms with van der Waals surface area (Å²) in [5, 5.41) is 9.11. The number of thiophene rings is 1. The van der Waals surface area contributed by atoms with Gasteiger partial charge in [-0.3, -0.25) is 9.59 Å². The average molecular weight is 480 g/mol. The van der Waals surface area contributed by atoms with Crippen molar-refractivity contribution in [3.8, 4) is 5.69 Å². The molecule has 0 radical (unpaired) electrons. The lowest BCUT2D eigenvalue weighted by molar-refractivity contribution is -0.117. The van der Waals surface area contributed by atoms with Crippen LogP contribution in [0.5, 0.6) is 0 Å². The molecular weight excluding hydrogens is 457 g/mol. The molecule has 0 aliphatic heterocycles. The van der Waals surface area contributed by atoms with E-state index in [1.165, 1.54) is 18.2 Å². The van der Waals surface area contributed by atoms with Crippen LogP contribution in [-0.4, -0.2) is 28.3 Å². The summed E-state index contributed by atoms with van der Waals surface area (Å²) in [5.74, 6) is -2.14. The normalized spacial score (nSPS) is 11.9. The number of rotatable bonds is 7. The number of hydrogen-bond donors (Lipinski definition) is 1. The molecule has 0 spiro atoms. The predicted octanol–water partition coefficient (Wildman–Crippen LogP) is 4.90. The highest BCUT2D eigenvalue weighted by Crippen LogP contribution is 2.32. The molecule has 0 saturated heterocycles. The number of benzene rings is 2. The van der Waals surface area contributed by atoms with Gasteiger partial charge in [0.25, 0.3) is 5.56 Å². The van der Waals surface area contributed by atoms with Gasteiger partial charge in [-0.05, 0) is 31.0 Å². The Hall–Kier alpha value is -3.85. The number of esters is 1. The van der Waals surface area contributed by atoms with Crippen LogP contribution in [0.3, 0.4) is 0 Å². The molecule has 2 heterocycles. The van der Waals surface area contributed by atoms with Crippen molar-refractivity contribution in [1.29, 1.82) is 0 Å². The fraction of sp³-hybridized carbons (Fsp3) is 0.200. The first-order valence-corrected chi connectivity index (χ1v) is 11.7. The number of halogens is 1. The molecule has 0 saturated carbocycles. The van der Waals surface area contributed by atoms with Gasteiger partial charge in [-0.15, -0.1) is 11.3 Å². The Balaban J connectivity index is 1.86. The second-order valence-electron chi connectivity index (χ2n) is 7.45. The first-order chi connectivity index (χ1) is 16.5. The number of aromatic nitrogens is 2. The minimum Gasteiger partial charge on any atom is -0.461 e. The number of para-hydroxylation sites is 1. The van der Waals surface area contributed by atoms with Crippen LogP contribution in [0.25, 0.3) is 16.5 Å². The Bertz CT molecular complexity index is 1410. The van der Waals surface area contributed by atoms with Gasteiger partial charge in [0, 0.05) is 10.8 Å². The molecule has 4 rings (SSSR count). The molecule has 1 unspecified atom stereocenters. The Morgan fingerprint density at radius 1 is 1.12 bits per heavy atom. The number of carbonyl (C=O) groups is 2. The standard InChI is InChI=1S/C25H22FN3O4S/c1-3-16(15-10-6-5-7-11-15)22(30)27-23-20-17(14-34-23)21(25(32)33-4-2)28-29(24(20)31)19-13-9-8-12-18(19)26/h5-14,16H,3-4H2,1-2H3,(H,27,30). The number of amides is 1. The number of hydrogen-bond acceptors (Lipinski definition) is 6. The first kappa shape index (κ1) is 23.3. The monoisotopic (exact) mass is 479 g/mol. The van der Waals surface area contributed by atoms with Crippen molar-refractivity contribution in [3.63, 3.8) is 0 Å². The largest absolute Gasteiger partial charge is 0.461 e. The summed E-state index contributed by atoms with van der Waals surface area (Å²) in [4.78, 5) is 39.2. The third-order valence-electron chi connectivity index (χ3n) is 5.37. The van der Waals surface area contributed by atoms with Crippen LogP contribution in [0.2, 0.25) is 0 Å². The summed E-state index contributed by atoms with van der Waals surface area (Å²) in [6, 6.07) is 14.9. The Morgan fingerprint density at radius 2 is 1.82 bits per heavy atom. The third-order valence-corrected chi connectivity index (χ3v) is 6.26. The van der Waals surface area contributed by atoms with Crippen LogP contribution in [0.4, 0.5) is 9.39 Å². The zero-order valence-corrected chi connectivity index (χ0v) is 19.4. The topological polar surface area (TPSA) is 90.3 Å². The molecular formula is C25H22FN3O4S. The maximum atomic E-state index is 14.5. The van der Waals surface area contributed by atoms with Gasteiger partial charge in [-0.1, -0.05) is 49.4 Å². The molecule has 4 aromatic rings. The smallest absolute Gasteiger partial charge is 0.359 e. The van der Waals surface area contributed by atoms with Crippen LogP contribution in [-0.2, 0) is 9.53 Å². The second kappa shape index (κ2) is 9.96. The van der Waals surface area contributed by atoms with Crippen LogP contribution in [0.1, 0.15) is 42.2 Å². The van der Waals surface area contributed by atoms with Crippen molar-refractivity contribution in [3.05, 3.63) is 87.4 Å². The van der Waals surface area contributed by atoms with Crippen LogP contribution in [0.15, 0.2) is 64.8 Å². The maximum Gasteiger partial charge on any atom is 0.359 e. The Kier molecular flexibility index (Phi) is 6.83. The molecule has 2 aromatic heterocycles. The van der Waals surface area contributed by atoms with E-state index in [2.05, 4.69) is 10.4 Å². The third kappa shape index (κ3) is 4.34. The van der Waals surface area contributed by atoms with Crippen molar-refractivity contribution in [2.24, 2.45) is 0 Å². The average Bonchev–Trinajstić information content (AvgIpc) is 3.25. The molecule has 0 fully saturated rings. The minimum absolute atomic E-state index is 0.0718. The summed E-state index contributed by atoms with van der Waals surface area (Å²) in [6.07, 6.45) is 0.550. The Morgan fingerprint density at radius 3 is 2.50 bits per heavy atom. The zero-order valence-electron chi connectivity index (χ0n) is 18.6. The summed E-state index contributed by atoms with van der Waals surface area (Å²) >= 11 is 1.10. The summed E-state index contributed by atoms with van der Waals surface area (Å²) < 4.78 is 20.5. The summed E-state index contributed by atoms with van der Waals surface area (Å²) in [6.45, 7) is 3.65. The van der Waals surface area contributed by atoms with Crippen LogP contribution < -0.4 is 10.9 Å². The number of ether oxygens (including phenoxy) is 1. The molecule has 9 heteroatoms. The molecule has 34 heavy (non-hydrogen) atoms. The number of anilines is 1. The fourth-order valence-electron chi connectivity index (χ4n) is 3.74. The second-order valence-corrected chi connectivity index (χ2v) is 8.33. The SMILES string of the molecule is CCOC(=O)c1nn(-c2ccccc2F)c(=O)c2c(NC(=O)C(CC)c3ccccc3)scc12. The van der Waals surface area contributed by atoms with E-state index in [4.69, 9.17) is 4.74 Å². The lowest BCUT2D eigenvalue weighted by Crippen LogP contribution is -2.27. The van der Waals surface area contributed by atoms with Gasteiger partial charge >= 0.3 is 5.97 Å².